The highest BCUT2D eigenvalue weighted by Gasteiger charge is 2.30. The van der Waals surface area contributed by atoms with E-state index in [9.17, 15) is 14.4 Å². The van der Waals surface area contributed by atoms with Gasteiger partial charge in [-0.05, 0) is 18.8 Å². The maximum Gasteiger partial charge on any atom is 0.317 e. The van der Waals surface area contributed by atoms with Gasteiger partial charge in [0, 0.05) is 19.1 Å². The Hall–Kier alpha value is -1.79. The van der Waals surface area contributed by atoms with Gasteiger partial charge in [-0.3, -0.25) is 9.59 Å². The topological polar surface area (TPSA) is 95.9 Å². The molecule has 7 nitrogen and oxygen atoms in total. The first-order valence-corrected chi connectivity index (χ1v) is 7.20. The molecule has 0 saturated carbocycles. The summed E-state index contributed by atoms with van der Waals surface area (Å²) in [6, 6.07) is -0.739. The van der Waals surface area contributed by atoms with Crippen LogP contribution in [0.1, 0.15) is 33.1 Å². The molecule has 0 radical (unpaired) electrons. The predicted octanol–water partition coefficient (Wildman–Crippen LogP) is 1.08. The summed E-state index contributed by atoms with van der Waals surface area (Å²) in [5.74, 6) is -1.53. The van der Waals surface area contributed by atoms with Gasteiger partial charge in [-0.1, -0.05) is 13.8 Å². The van der Waals surface area contributed by atoms with Crippen LogP contribution in [0.15, 0.2) is 0 Å². The van der Waals surface area contributed by atoms with E-state index in [0.717, 1.165) is 6.42 Å². The standard InChI is InChI=1S/C14H24N2O5/c1-9(2)11(7-12(17)18)15-14(20)16-6-4-5-10(8-16)13(19)21-3/h9-11H,4-8H2,1-3H3,(H,15,20)(H,17,18). The Morgan fingerprint density at radius 1 is 1.38 bits per heavy atom. The van der Waals surface area contributed by atoms with Crippen LogP contribution in [0.25, 0.3) is 0 Å². The number of carbonyl (C=O) groups excluding carboxylic acids is 2. The third kappa shape index (κ3) is 5.24. The van der Waals surface area contributed by atoms with Crippen LogP contribution in [-0.2, 0) is 14.3 Å². The molecule has 1 saturated heterocycles. The summed E-state index contributed by atoms with van der Waals surface area (Å²) >= 11 is 0. The second-order valence-electron chi connectivity index (χ2n) is 5.71. The van der Waals surface area contributed by atoms with Gasteiger partial charge in [0.2, 0.25) is 0 Å². The first-order valence-electron chi connectivity index (χ1n) is 7.20. The molecule has 2 amide bonds. The molecule has 1 aliphatic heterocycles. The number of carbonyl (C=O) groups is 3. The van der Waals surface area contributed by atoms with Crippen LogP contribution < -0.4 is 5.32 Å². The zero-order chi connectivity index (χ0) is 16.0. The van der Waals surface area contributed by atoms with Crippen molar-refractivity contribution in [2.45, 2.75) is 39.2 Å². The van der Waals surface area contributed by atoms with Crippen LogP contribution >= 0.6 is 0 Å². The highest BCUT2D eigenvalue weighted by atomic mass is 16.5. The van der Waals surface area contributed by atoms with E-state index in [2.05, 4.69) is 5.32 Å². The first-order chi connectivity index (χ1) is 9.85. The van der Waals surface area contributed by atoms with E-state index >= 15 is 0 Å². The van der Waals surface area contributed by atoms with Gasteiger partial charge in [0.1, 0.15) is 0 Å². The molecule has 0 spiro atoms. The van der Waals surface area contributed by atoms with Gasteiger partial charge in [-0.15, -0.1) is 0 Å². The van der Waals surface area contributed by atoms with Crippen LogP contribution in [0.2, 0.25) is 0 Å². The van der Waals surface area contributed by atoms with Gasteiger partial charge >= 0.3 is 18.0 Å². The van der Waals surface area contributed by atoms with Crippen LogP contribution in [0, 0.1) is 11.8 Å². The van der Waals surface area contributed by atoms with Gasteiger partial charge in [-0.2, -0.15) is 0 Å². The van der Waals surface area contributed by atoms with Crippen molar-refractivity contribution in [3.8, 4) is 0 Å². The van der Waals surface area contributed by atoms with E-state index in [4.69, 9.17) is 9.84 Å². The highest BCUT2D eigenvalue weighted by molar-refractivity contribution is 5.78. The van der Waals surface area contributed by atoms with Gasteiger partial charge < -0.3 is 20.1 Å². The summed E-state index contributed by atoms with van der Waals surface area (Å²) < 4.78 is 4.71. The number of aliphatic carboxylic acids is 1. The molecular weight excluding hydrogens is 276 g/mol. The second kappa shape index (κ2) is 7.85. The fraction of sp³-hybridized carbons (Fsp3) is 0.786. The number of ether oxygens (including phenoxy) is 1. The van der Waals surface area contributed by atoms with Crippen molar-refractivity contribution >= 4 is 18.0 Å². The average Bonchev–Trinajstić information content (AvgIpc) is 2.45. The van der Waals surface area contributed by atoms with Gasteiger partial charge in [0.25, 0.3) is 0 Å². The van der Waals surface area contributed by atoms with E-state index in [1.165, 1.54) is 7.11 Å². The molecule has 0 aromatic carbocycles. The predicted molar refractivity (Wildman–Crippen MR) is 75.7 cm³/mol. The average molecular weight is 300 g/mol. The Bertz CT molecular complexity index is 397. The molecule has 1 aliphatic rings. The molecule has 2 unspecified atom stereocenters. The number of hydrogen-bond acceptors (Lipinski definition) is 4. The Morgan fingerprint density at radius 2 is 2.05 bits per heavy atom. The number of esters is 1. The van der Waals surface area contributed by atoms with Crippen molar-refractivity contribution in [1.29, 1.82) is 0 Å². The number of amides is 2. The first kappa shape index (κ1) is 17.3. The van der Waals surface area contributed by atoms with Crippen LogP contribution in [0.4, 0.5) is 4.79 Å². The van der Waals surface area contributed by atoms with E-state index < -0.39 is 12.0 Å². The third-order valence-corrected chi connectivity index (χ3v) is 3.75. The van der Waals surface area contributed by atoms with Gasteiger partial charge in [0.15, 0.2) is 0 Å². The van der Waals surface area contributed by atoms with Crippen molar-refractivity contribution in [1.82, 2.24) is 10.2 Å². The summed E-state index contributed by atoms with van der Waals surface area (Å²) in [4.78, 5) is 36.2. The lowest BCUT2D eigenvalue weighted by atomic mass is 9.98. The Balaban J connectivity index is 2.60. The summed E-state index contributed by atoms with van der Waals surface area (Å²) in [6.45, 7) is 4.61. The molecule has 0 aromatic heterocycles. The number of urea groups is 1. The number of piperidine rings is 1. The fourth-order valence-electron chi connectivity index (χ4n) is 2.41. The summed E-state index contributed by atoms with van der Waals surface area (Å²) in [6.07, 6.45) is 1.33. The molecular formula is C14H24N2O5. The number of rotatable bonds is 5. The van der Waals surface area contributed by atoms with Crippen LogP contribution in [0.3, 0.4) is 0 Å². The SMILES string of the molecule is COC(=O)C1CCCN(C(=O)NC(CC(=O)O)C(C)C)C1. The monoisotopic (exact) mass is 300 g/mol. The maximum absolute atomic E-state index is 12.2. The van der Waals surface area contributed by atoms with Crippen LogP contribution in [-0.4, -0.2) is 54.2 Å². The summed E-state index contributed by atoms with van der Waals surface area (Å²) in [5, 5.41) is 11.6. The van der Waals surface area contributed by atoms with Crippen molar-refractivity contribution in [3.63, 3.8) is 0 Å². The van der Waals surface area contributed by atoms with E-state index in [1.807, 2.05) is 13.8 Å². The molecule has 2 N–H and O–H groups in total. The number of nitrogens with zero attached hydrogens (tertiary/aromatic N) is 1. The van der Waals surface area contributed by atoms with Crippen molar-refractivity contribution in [2.75, 3.05) is 20.2 Å². The van der Waals surface area contributed by atoms with Crippen molar-refractivity contribution in [3.05, 3.63) is 0 Å². The number of methoxy groups -OCH3 is 1. The smallest absolute Gasteiger partial charge is 0.317 e. The zero-order valence-corrected chi connectivity index (χ0v) is 12.8. The molecule has 21 heavy (non-hydrogen) atoms. The van der Waals surface area contributed by atoms with Crippen molar-refractivity contribution < 1.29 is 24.2 Å². The molecule has 2 atom stereocenters. The molecule has 1 rings (SSSR count). The molecule has 1 fully saturated rings. The molecule has 1 heterocycles. The molecule has 0 bridgehead atoms. The maximum atomic E-state index is 12.2. The Labute approximate surface area is 124 Å². The van der Waals surface area contributed by atoms with Gasteiger partial charge in [-0.25, -0.2) is 4.79 Å². The highest BCUT2D eigenvalue weighted by Crippen LogP contribution is 2.18. The Morgan fingerprint density at radius 3 is 2.57 bits per heavy atom. The van der Waals surface area contributed by atoms with Crippen molar-refractivity contribution in [2.24, 2.45) is 11.8 Å². The number of carboxylic acids is 1. The molecule has 0 aliphatic carbocycles. The lowest BCUT2D eigenvalue weighted by molar-refractivity contribution is -0.146. The van der Waals surface area contributed by atoms with E-state index in [-0.39, 0.29) is 30.3 Å². The quantitative estimate of drug-likeness (QED) is 0.741. The minimum atomic E-state index is -0.944. The molecule has 7 heteroatoms. The number of carboxylic acid groups (broad SMARTS) is 1. The second-order valence-corrected chi connectivity index (χ2v) is 5.71. The lowest BCUT2D eigenvalue weighted by Crippen LogP contribution is -2.51. The summed E-state index contributed by atoms with van der Waals surface area (Å²) in [7, 11) is 1.34. The normalized spacial score (nSPS) is 20.0. The third-order valence-electron chi connectivity index (χ3n) is 3.75. The van der Waals surface area contributed by atoms with Crippen LogP contribution in [0.5, 0.6) is 0 Å². The van der Waals surface area contributed by atoms with E-state index in [0.29, 0.717) is 19.5 Å². The Kier molecular flexibility index (Phi) is 6.45. The minimum absolute atomic E-state index is 0.0197. The number of likely N-dealkylation sites (tertiary alicyclic amines) is 1. The molecule has 120 valence electrons. The minimum Gasteiger partial charge on any atom is -0.481 e. The number of hydrogen-bond donors (Lipinski definition) is 2. The number of nitrogens with one attached hydrogen (secondary N) is 1. The molecule has 0 aromatic rings. The summed E-state index contributed by atoms with van der Waals surface area (Å²) in [5.41, 5.74) is 0. The zero-order valence-electron chi connectivity index (χ0n) is 12.8. The fourth-order valence-corrected chi connectivity index (χ4v) is 2.41. The lowest BCUT2D eigenvalue weighted by Gasteiger charge is -2.33. The van der Waals surface area contributed by atoms with E-state index in [1.54, 1.807) is 4.90 Å². The largest absolute Gasteiger partial charge is 0.481 e. The van der Waals surface area contributed by atoms with Gasteiger partial charge in [0.05, 0.1) is 19.4 Å².